The molecule has 2 nitrogen and oxygen atoms in total. The van der Waals surface area contributed by atoms with E-state index < -0.39 is 5.82 Å². The van der Waals surface area contributed by atoms with E-state index in [-0.39, 0.29) is 11.5 Å². The van der Waals surface area contributed by atoms with Crippen LogP contribution in [0.4, 0.5) is 4.39 Å². The molecule has 0 aromatic heterocycles. The Morgan fingerprint density at radius 2 is 2.06 bits per heavy atom. The summed E-state index contributed by atoms with van der Waals surface area (Å²) in [7, 11) is 0. The summed E-state index contributed by atoms with van der Waals surface area (Å²) in [5.74, 6) is -0.275. The summed E-state index contributed by atoms with van der Waals surface area (Å²) < 4.78 is 13.7. The third-order valence-electron chi connectivity index (χ3n) is 2.61. The van der Waals surface area contributed by atoms with Crippen LogP contribution in [-0.2, 0) is 0 Å². The van der Waals surface area contributed by atoms with Gasteiger partial charge in [0, 0.05) is 13.1 Å². The van der Waals surface area contributed by atoms with Crippen LogP contribution in [0, 0.1) is 18.7 Å². The van der Waals surface area contributed by atoms with Crippen LogP contribution in [-0.4, -0.2) is 23.9 Å². The maximum atomic E-state index is 13.7. The van der Waals surface area contributed by atoms with Crippen LogP contribution >= 0.6 is 0 Å². The van der Waals surface area contributed by atoms with E-state index in [2.05, 4.69) is 0 Å². The zero-order valence-corrected chi connectivity index (χ0v) is 11.0. The Balaban J connectivity index is 2.93. The summed E-state index contributed by atoms with van der Waals surface area (Å²) in [6.07, 6.45) is 0. The van der Waals surface area contributed by atoms with Crippen molar-refractivity contribution in [1.29, 1.82) is 0 Å². The van der Waals surface area contributed by atoms with E-state index in [1.165, 1.54) is 6.07 Å². The molecule has 0 unspecified atom stereocenters. The summed E-state index contributed by atoms with van der Waals surface area (Å²) in [5.41, 5.74) is 0.990. The average molecular weight is 237 g/mol. The zero-order chi connectivity index (χ0) is 13.0. The number of halogens is 1. The van der Waals surface area contributed by atoms with Gasteiger partial charge in [0.25, 0.3) is 5.91 Å². The average Bonchev–Trinajstić information content (AvgIpc) is 2.24. The molecule has 1 amide bonds. The van der Waals surface area contributed by atoms with Crippen LogP contribution in [0.25, 0.3) is 0 Å². The number of carbonyl (C=O) groups excluding carboxylic acids is 1. The molecule has 0 N–H and O–H groups in total. The number of nitrogens with zero attached hydrogens (tertiary/aromatic N) is 1. The van der Waals surface area contributed by atoms with Gasteiger partial charge in [-0.05, 0) is 37.5 Å². The lowest BCUT2D eigenvalue weighted by atomic mass is 10.1. The maximum absolute atomic E-state index is 13.7. The third kappa shape index (κ3) is 3.55. The highest BCUT2D eigenvalue weighted by Gasteiger charge is 2.18. The third-order valence-corrected chi connectivity index (χ3v) is 2.61. The van der Waals surface area contributed by atoms with Crippen molar-refractivity contribution in [3.05, 3.63) is 35.1 Å². The summed E-state index contributed by atoms with van der Waals surface area (Å²) >= 11 is 0. The molecule has 0 saturated carbocycles. The number of hydrogen-bond donors (Lipinski definition) is 0. The van der Waals surface area contributed by atoms with E-state index in [0.717, 1.165) is 5.56 Å². The Morgan fingerprint density at radius 1 is 1.41 bits per heavy atom. The molecule has 0 aliphatic heterocycles. The van der Waals surface area contributed by atoms with Crippen molar-refractivity contribution in [2.75, 3.05) is 13.1 Å². The Kier molecular flexibility index (Phi) is 4.67. The van der Waals surface area contributed by atoms with Gasteiger partial charge in [0.15, 0.2) is 0 Å². The van der Waals surface area contributed by atoms with Crippen LogP contribution in [0.5, 0.6) is 0 Å². The lowest BCUT2D eigenvalue weighted by Gasteiger charge is -2.23. The molecular formula is C14H20FNO. The first kappa shape index (κ1) is 13.7. The summed E-state index contributed by atoms with van der Waals surface area (Å²) in [6.45, 7) is 9.06. The zero-order valence-electron chi connectivity index (χ0n) is 11.0. The quantitative estimate of drug-likeness (QED) is 0.787. The molecular weight excluding hydrogens is 217 g/mol. The second kappa shape index (κ2) is 5.80. The largest absolute Gasteiger partial charge is 0.339 e. The van der Waals surface area contributed by atoms with Gasteiger partial charge in [-0.15, -0.1) is 0 Å². The van der Waals surface area contributed by atoms with Crippen molar-refractivity contribution in [1.82, 2.24) is 4.90 Å². The molecule has 0 atom stereocenters. The molecule has 0 bridgehead atoms. The van der Waals surface area contributed by atoms with Crippen molar-refractivity contribution in [2.24, 2.45) is 5.92 Å². The van der Waals surface area contributed by atoms with Crippen LogP contribution in [0.2, 0.25) is 0 Å². The highest BCUT2D eigenvalue weighted by molar-refractivity contribution is 5.94. The predicted octanol–water partition coefficient (Wildman–Crippen LogP) is 3.25. The highest BCUT2D eigenvalue weighted by Crippen LogP contribution is 2.13. The highest BCUT2D eigenvalue weighted by atomic mass is 19.1. The minimum atomic E-state index is -0.433. The van der Waals surface area contributed by atoms with Gasteiger partial charge in [-0.2, -0.15) is 0 Å². The van der Waals surface area contributed by atoms with Crippen molar-refractivity contribution < 1.29 is 9.18 Å². The first-order valence-electron chi connectivity index (χ1n) is 6.01. The van der Waals surface area contributed by atoms with Crippen LogP contribution < -0.4 is 0 Å². The van der Waals surface area contributed by atoms with Crippen LogP contribution in [0.1, 0.15) is 36.7 Å². The maximum Gasteiger partial charge on any atom is 0.256 e. The Hall–Kier alpha value is -1.38. The van der Waals surface area contributed by atoms with E-state index in [4.69, 9.17) is 0 Å². The number of aryl methyl sites for hydroxylation is 1. The van der Waals surface area contributed by atoms with Gasteiger partial charge in [-0.3, -0.25) is 4.79 Å². The van der Waals surface area contributed by atoms with Gasteiger partial charge in [-0.25, -0.2) is 4.39 Å². The van der Waals surface area contributed by atoms with E-state index in [1.54, 1.807) is 17.0 Å². The molecule has 3 heteroatoms. The fourth-order valence-corrected chi connectivity index (χ4v) is 1.76. The summed E-state index contributed by atoms with van der Waals surface area (Å²) in [5, 5.41) is 0. The molecule has 0 aliphatic rings. The molecule has 1 aromatic carbocycles. The Labute approximate surface area is 102 Å². The van der Waals surface area contributed by atoms with Gasteiger partial charge in [0.1, 0.15) is 5.82 Å². The molecule has 17 heavy (non-hydrogen) atoms. The van der Waals surface area contributed by atoms with Crippen molar-refractivity contribution in [3.8, 4) is 0 Å². The first-order chi connectivity index (χ1) is 7.95. The van der Waals surface area contributed by atoms with Gasteiger partial charge >= 0.3 is 0 Å². The SMILES string of the molecule is CCN(CC(C)C)C(=O)c1ccc(C)cc1F. The van der Waals surface area contributed by atoms with E-state index in [9.17, 15) is 9.18 Å². The minimum Gasteiger partial charge on any atom is -0.339 e. The fraction of sp³-hybridized carbons (Fsp3) is 0.500. The summed E-state index contributed by atoms with van der Waals surface area (Å²) in [4.78, 5) is 13.8. The van der Waals surface area contributed by atoms with Gasteiger partial charge in [-0.1, -0.05) is 19.9 Å². The molecule has 94 valence electrons. The summed E-state index contributed by atoms with van der Waals surface area (Å²) in [6, 6.07) is 4.73. The molecule has 0 radical (unpaired) electrons. The normalized spacial score (nSPS) is 10.7. The molecule has 0 spiro atoms. The van der Waals surface area contributed by atoms with E-state index >= 15 is 0 Å². The standard InChI is InChI=1S/C14H20FNO/c1-5-16(9-10(2)3)14(17)12-7-6-11(4)8-13(12)15/h6-8,10H,5,9H2,1-4H3. The smallest absolute Gasteiger partial charge is 0.256 e. The fourth-order valence-electron chi connectivity index (χ4n) is 1.76. The lowest BCUT2D eigenvalue weighted by Crippen LogP contribution is -2.34. The number of rotatable bonds is 4. The molecule has 0 heterocycles. The first-order valence-corrected chi connectivity index (χ1v) is 6.01. The number of amides is 1. The van der Waals surface area contributed by atoms with Crippen molar-refractivity contribution in [3.63, 3.8) is 0 Å². The molecule has 1 aromatic rings. The molecule has 1 rings (SSSR count). The number of hydrogen-bond acceptors (Lipinski definition) is 1. The van der Waals surface area contributed by atoms with E-state index in [1.807, 2.05) is 27.7 Å². The van der Waals surface area contributed by atoms with Gasteiger partial charge in [0.2, 0.25) is 0 Å². The molecule has 0 saturated heterocycles. The Bertz CT molecular complexity index is 401. The number of carbonyl (C=O) groups is 1. The number of benzene rings is 1. The molecule has 0 fully saturated rings. The van der Waals surface area contributed by atoms with Crippen molar-refractivity contribution >= 4 is 5.91 Å². The van der Waals surface area contributed by atoms with Gasteiger partial charge in [0.05, 0.1) is 5.56 Å². The minimum absolute atomic E-state index is 0.165. The van der Waals surface area contributed by atoms with E-state index in [0.29, 0.717) is 19.0 Å². The Morgan fingerprint density at radius 3 is 2.53 bits per heavy atom. The van der Waals surface area contributed by atoms with Gasteiger partial charge < -0.3 is 4.90 Å². The van der Waals surface area contributed by atoms with Crippen LogP contribution in [0.15, 0.2) is 18.2 Å². The monoisotopic (exact) mass is 237 g/mol. The predicted molar refractivity (Wildman–Crippen MR) is 67.6 cm³/mol. The van der Waals surface area contributed by atoms with Crippen molar-refractivity contribution in [2.45, 2.75) is 27.7 Å². The second-order valence-corrected chi connectivity index (χ2v) is 4.72. The lowest BCUT2D eigenvalue weighted by molar-refractivity contribution is 0.0741. The van der Waals surface area contributed by atoms with Crippen LogP contribution in [0.3, 0.4) is 0 Å². The topological polar surface area (TPSA) is 20.3 Å². The molecule has 0 aliphatic carbocycles. The second-order valence-electron chi connectivity index (χ2n) is 4.72.